The molecule has 0 bridgehead atoms. The number of hydrogen-bond donors (Lipinski definition) is 2. The molecule has 2 rings (SSSR count). The van der Waals surface area contributed by atoms with Crippen LogP contribution in [0.15, 0.2) is 33.9 Å². The van der Waals surface area contributed by atoms with Gasteiger partial charge in [0.15, 0.2) is 0 Å². The van der Waals surface area contributed by atoms with Gasteiger partial charge < -0.3 is 5.73 Å². The first kappa shape index (κ1) is 13.6. The Morgan fingerprint density at radius 2 is 2.17 bits per heavy atom. The fraction of sp³-hybridized carbons (Fsp3) is 0.100. The number of rotatable bonds is 5. The summed E-state index contributed by atoms with van der Waals surface area (Å²) >= 11 is 7.38. The Morgan fingerprint density at radius 3 is 2.72 bits per heavy atom. The summed E-state index contributed by atoms with van der Waals surface area (Å²) < 4.78 is 26.7. The summed E-state index contributed by atoms with van der Waals surface area (Å²) in [6.45, 7) is 0.292. The van der Waals surface area contributed by atoms with E-state index in [1.807, 2.05) is 17.5 Å². The van der Waals surface area contributed by atoms with Crippen LogP contribution in [0, 0.1) is 0 Å². The highest BCUT2D eigenvalue weighted by Crippen LogP contribution is 2.21. The Balaban J connectivity index is 2.12. The number of nitrogens with one attached hydrogen (secondary N) is 1. The van der Waals surface area contributed by atoms with Gasteiger partial charge in [0, 0.05) is 11.4 Å². The van der Waals surface area contributed by atoms with E-state index in [2.05, 4.69) is 4.72 Å². The Bertz CT molecular complexity index is 643. The predicted octanol–water partition coefficient (Wildman–Crippen LogP) is 1.92. The Morgan fingerprint density at radius 1 is 1.39 bits per heavy atom. The van der Waals surface area contributed by atoms with Gasteiger partial charge in [-0.25, -0.2) is 13.1 Å². The molecule has 2 aromatic heterocycles. The van der Waals surface area contributed by atoms with Crippen molar-refractivity contribution in [3.63, 3.8) is 0 Å². The van der Waals surface area contributed by atoms with E-state index in [1.165, 1.54) is 17.4 Å². The minimum absolute atomic E-state index is 0.208. The summed E-state index contributed by atoms with van der Waals surface area (Å²) in [5.74, 6) is 0. The third kappa shape index (κ3) is 3.15. The highest BCUT2D eigenvalue weighted by molar-refractivity contribution is 7.91. The van der Waals surface area contributed by atoms with E-state index in [4.69, 9.17) is 18.0 Å². The van der Waals surface area contributed by atoms with Gasteiger partial charge >= 0.3 is 0 Å². The molecule has 2 aromatic rings. The standard InChI is InChI=1S/C10H10N2O2S4/c11-10(15)8-3-4-9(17-8)18(13,14)12-6-7-2-1-5-16-7/h1-5,12H,6H2,(H2,11,15). The van der Waals surface area contributed by atoms with Gasteiger partial charge in [0.05, 0.1) is 4.88 Å². The maximum Gasteiger partial charge on any atom is 0.250 e. The van der Waals surface area contributed by atoms with Crippen LogP contribution >= 0.6 is 34.9 Å². The molecule has 3 N–H and O–H groups in total. The molecule has 0 aliphatic heterocycles. The van der Waals surface area contributed by atoms with Crippen molar-refractivity contribution in [1.82, 2.24) is 4.72 Å². The lowest BCUT2D eigenvalue weighted by Crippen LogP contribution is -2.21. The highest BCUT2D eigenvalue weighted by Gasteiger charge is 2.17. The summed E-state index contributed by atoms with van der Waals surface area (Å²) in [6.07, 6.45) is 0. The van der Waals surface area contributed by atoms with E-state index < -0.39 is 10.0 Å². The zero-order chi connectivity index (χ0) is 13.2. The number of thiocarbonyl (C=S) groups is 1. The fourth-order valence-corrected chi connectivity index (χ4v) is 4.39. The lowest BCUT2D eigenvalue weighted by Gasteiger charge is -2.02. The smallest absolute Gasteiger partial charge is 0.250 e. The van der Waals surface area contributed by atoms with Gasteiger partial charge in [0.2, 0.25) is 10.0 Å². The van der Waals surface area contributed by atoms with Crippen molar-refractivity contribution in [3.05, 3.63) is 39.4 Å². The molecule has 8 heteroatoms. The number of sulfonamides is 1. The summed E-state index contributed by atoms with van der Waals surface area (Å²) in [7, 11) is -3.49. The predicted molar refractivity (Wildman–Crippen MR) is 78.6 cm³/mol. The van der Waals surface area contributed by atoms with E-state index in [0.29, 0.717) is 11.4 Å². The van der Waals surface area contributed by atoms with Crippen LogP contribution < -0.4 is 10.5 Å². The molecule has 0 saturated heterocycles. The Labute approximate surface area is 119 Å². The molecular formula is C10H10N2O2S4. The molecule has 0 spiro atoms. The van der Waals surface area contributed by atoms with Crippen molar-refractivity contribution >= 4 is 49.9 Å². The van der Waals surface area contributed by atoms with Crippen LogP contribution in [0.2, 0.25) is 0 Å². The molecule has 2 heterocycles. The second kappa shape index (κ2) is 5.45. The summed E-state index contributed by atoms with van der Waals surface area (Å²) in [5.41, 5.74) is 5.45. The first-order chi connectivity index (χ1) is 8.49. The maximum absolute atomic E-state index is 12.0. The molecule has 0 unspecified atom stereocenters. The molecule has 4 nitrogen and oxygen atoms in total. The van der Waals surface area contributed by atoms with Crippen molar-refractivity contribution in [2.24, 2.45) is 5.73 Å². The molecule has 18 heavy (non-hydrogen) atoms. The Hall–Kier alpha value is -0.800. The Kier molecular flexibility index (Phi) is 4.13. The lowest BCUT2D eigenvalue weighted by atomic mass is 10.5. The molecule has 0 aromatic carbocycles. The summed E-state index contributed by atoms with van der Waals surface area (Å²) in [4.78, 5) is 1.77. The molecule has 0 amide bonds. The summed E-state index contributed by atoms with van der Waals surface area (Å²) in [6, 6.07) is 6.88. The van der Waals surface area contributed by atoms with E-state index >= 15 is 0 Å². The first-order valence-electron chi connectivity index (χ1n) is 4.91. The largest absolute Gasteiger partial charge is 0.389 e. The monoisotopic (exact) mass is 318 g/mol. The van der Waals surface area contributed by atoms with E-state index in [1.54, 1.807) is 6.07 Å². The van der Waals surface area contributed by atoms with Crippen LogP contribution in [0.1, 0.15) is 9.75 Å². The fourth-order valence-electron chi connectivity index (χ4n) is 1.25. The quantitative estimate of drug-likeness (QED) is 0.826. The molecule has 0 radical (unpaired) electrons. The molecule has 0 fully saturated rings. The molecule has 0 atom stereocenters. The number of hydrogen-bond acceptors (Lipinski definition) is 5. The van der Waals surface area contributed by atoms with Crippen LogP contribution in [0.4, 0.5) is 0 Å². The van der Waals surface area contributed by atoms with Crippen molar-refractivity contribution < 1.29 is 8.42 Å². The minimum atomic E-state index is -3.49. The average Bonchev–Trinajstić information content (AvgIpc) is 2.98. The minimum Gasteiger partial charge on any atom is -0.389 e. The normalized spacial score (nSPS) is 11.6. The maximum atomic E-state index is 12.0. The lowest BCUT2D eigenvalue weighted by molar-refractivity contribution is 0.584. The van der Waals surface area contributed by atoms with Gasteiger partial charge in [-0.15, -0.1) is 22.7 Å². The number of nitrogens with two attached hydrogens (primary N) is 1. The molecule has 0 aliphatic rings. The molecular weight excluding hydrogens is 308 g/mol. The van der Waals surface area contributed by atoms with Gasteiger partial charge in [0.1, 0.15) is 9.20 Å². The van der Waals surface area contributed by atoms with Crippen molar-refractivity contribution in [2.45, 2.75) is 10.8 Å². The van der Waals surface area contributed by atoms with Crippen LogP contribution in [-0.4, -0.2) is 13.4 Å². The highest BCUT2D eigenvalue weighted by atomic mass is 32.2. The van der Waals surface area contributed by atoms with Gasteiger partial charge in [-0.3, -0.25) is 0 Å². The van der Waals surface area contributed by atoms with Gasteiger partial charge in [-0.05, 0) is 23.6 Å². The van der Waals surface area contributed by atoms with Crippen LogP contribution in [0.25, 0.3) is 0 Å². The van der Waals surface area contributed by atoms with Gasteiger partial charge in [-0.1, -0.05) is 18.3 Å². The van der Waals surface area contributed by atoms with Crippen LogP contribution in [-0.2, 0) is 16.6 Å². The molecule has 96 valence electrons. The number of thiophene rings is 2. The van der Waals surface area contributed by atoms with Crippen molar-refractivity contribution in [3.8, 4) is 0 Å². The third-order valence-electron chi connectivity index (χ3n) is 2.11. The average molecular weight is 318 g/mol. The second-order valence-corrected chi connectivity index (χ2v) is 7.94. The zero-order valence-electron chi connectivity index (χ0n) is 9.12. The first-order valence-corrected chi connectivity index (χ1v) is 8.49. The van der Waals surface area contributed by atoms with Crippen LogP contribution in [0.5, 0.6) is 0 Å². The van der Waals surface area contributed by atoms with E-state index in [-0.39, 0.29) is 9.20 Å². The summed E-state index contributed by atoms with van der Waals surface area (Å²) in [5, 5.41) is 1.90. The van der Waals surface area contributed by atoms with Crippen molar-refractivity contribution in [1.29, 1.82) is 0 Å². The molecule has 0 aliphatic carbocycles. The second-order valence-electron chi connectivity index (χ2n) is 3.39. The van der Waals surface area contributed by atoms with E-state index in [9.17, 15) is 8.42 Å². The zero-order valence-corrected chi connectivity index (χ0v) is 12.4. The third-order valence-corrected chi connectivity index (χ3v) is 6.34. The van der Waals surface area contributed by atoms with Crippen LogP contribution in [0.3, 0.4) is 0 Å². The van der Waals surface area contributed by atoms with Gasteiger partial charge in [-0.2, -0.15) is 0 Å². The topological polar surface area (TPSA) is 72.2 Å². The van der Waals surface area contributed by atoms with E-state index in [0.717, 1.165) is 16.2 Å². The SMILES string of the molecule is NC(=S)c1ccc(S(=O)(=O)NCc2cccs2)s1. The van der Waals surface area contributed by atoms with Gasteiger partial charge in [0.25, 0.3) is 0 Å². The van der Waals surface area contributed by atoms with Crippen molar-refractivity contribution in [2.75, 3.05) is 0 Å². The molecule has 0 saturated carbocycles.